The number of aliphatic imine (C=N–C) groups is 2. The van der Waals surface area contributed by atoms with E-state index in [1.54, 1.807) is 0 Å². The Bertz CT molecular complexity index is 584. The van der Waals surface area contributed by atoms with Gasteiger partial charge in [0, 0.05) is 24.6 Å². The number of hydrogen-bond acceptors (Lipinski definition) is 3. The molecule has 2 heterocycles. The second-order valence-corrected chi connectivity index (χ2v) is 6.94. The summed E-state index contributed by atoms with van der Waals surface area (Å²) in [5, 5.41) is 0. The lowest BCUT2D eigenvalue weighted by Gasteiger charge is -2.35. The molecule has 4 heteroatoms. The number of guanidine groups is 1. The van der Waals surface area contributed by atoms with Crippen molar-refractivity contribution in [3.05, 3.63) is 11.8 Å². The summed E-state index contributed by atoms with van der Waals surface area (Å²) in [5.74, 6) is 1.18. The number of carbonyl (C=O) groups excluding carboxylic acids is 1. The maximum Gasteiger partial charge on any atom is 0.250 e. The molecule has 0 radical (unpaired) electrons. The Morgan fingerprint density at radius 3 is 2.89 bits per heavy atom. The highest BCUT2D eigenvalue weighted by Gasteiger charge is 2.63. The quantitative estimate of drug-likeness (QED) is 0.668. The van der Waals surface area contributed by atoms with Gasteiger partial charge in [0.15, 0.2) is 0 Å². The summed E-state index contributed by atoms with van der Waals surface area (Å²) in [6.45, 7) is 7.77. The van der Waals surface area contributed by atoms with E-state index in [2.05, 4.69) is 36.9 Å². The molecule has 1 amide bonds. The van der Waals surface area contributed by atoms with Crippen LogP contribution in [0.15, 0.2) is 21.8 Å². The Labute approximate surface area is 113 Å². The normalized spacial score (nSPS) is 38.5. The highest BCUT2D eigenvalue weighted by atomic mass is 16.1. The first-order valence-corrected chi connectivity index (χ1v) is 7.13. The van der Waals surface area contributed by atoms with Crippen molar-refractivity contribution in [1.29, 1.82) is 0 Å². The first-order chi connectivity index (χ1) is 8.93. The molecule has 0 aromatic carbocycles. The zero-order valence-corrected chi connectivity index (χ0v) is 11.7. The van der Waals surface area contributed by atoms with Crippen LogP contribution in [-0.4, -0.2) is 29.0 Å². The van der Waals surface area contributed by atoms with Crippen molar-refractivity contribution in [1.82, 2.24) is 4.90 Å². The third-order valence-corrected chi connectivity index (χ3v) is 5.95. The summed E-state index contributed by atoms with van der Waals surface area (Å²) in [5.41, 5.74) is 2.99. The van der Waals surface area contributed by atoms with Gasteiger partial charge in [-0.1, -0.05) is 20.8 Å². The molecule has 2 fully saturated rings. The third-order valence-electron chi connectivity index (χ3n) is 5.95. The minimum absolute atomic E-state index is 0.0416. The van der Waals surface area contributed by atoms with Crippen molar-refractivity contribution >= 4 is 17.6 Å². The van der Waals surface area contributed by atoms with E-state index in [4.69, 9.17) is 4.99 Å². The summed E-state index contributed by atoms with van der Waals surface area (Å²) < 4.78 is 0. The van der Waals surface area contributed by atoms with E-state index in [1.807, 2.05) is 0 Å². The van der Waals surface area contributed by atoms with Crippen molar-refractivity contribution in [3.8, 4) is 0 Å². The second kappa shape index (κ2) is 3.17. The number of amides is 1. The molecule has 0 aromatic rings. The minimum atomic E-state index is -0.0416. The van der Waals surface area contributed by atoms with Crippen LogP contribution >= 0.6 is 0 Å². The average molecular weight is 257 g/mol. The number of fused-ring (bicyclic) bond motifs is 6. The Kier molecular flexibility index (Phi) is 1.90. The van der Waals surface area contributed by atoms with Crippen molar-refractivity contribution in [2.45, 2.75) is 40.0 Å². The van der Waals surface area contributed by atoms with E-state index in [-0.39, 0.29) is 16.7 Å². The fourth-order valence-corrected chi connectivity index (χ4v) is 4.32. The minimum Gasteiger partial charge on any atom is -0.316 e. The lowest BCUT2D eigenvalue weighted by molar-refractivity contribution is -0.118. The van der Waals surface area contributed by atoms with Crippen LogP contribution in [0.1, 0.15) is 40.0 Å². The maximum atomic E-state index is 11.5. The average Bonchev–Trinajstić information content (AvgIpc) is 2.68. The van der Waals surface area contributed by atoms with E-state index in [0.717, 1.165) is 6.54 Å². The lowest BCUT2D eigenvalue weighted by Crippen LogP contribution is -2.40. The monoisotopic (exact) mass is 257 g/mol. The SMILES string of the molecule is CC1(C)[C@@H]2CC[C@@]1(C)C1=NC3=NC(=O)CCN3C=C12. The van der Waals surface area contributed by atoms with Crippen molar-refractivity contribution < 1.29 is 4.79 Å². The number of hydrogen-bond donors (Lipinski definition) is 0. The van der Waals surface area contributed by atoms with Crippen LogP contribution in [-0.2, 0) is 4.79 Å². The van der Waals surface area contributed by atoms with Gasteiger partial charge < -0.3 is 4.90 Å². The fourth-order valence-electron chi connectivity index (χ4n) is 4.32. The van der Waals surface area contributed by atoms with Gasteiger partial charge in [-0.2, -0.15) is 4.99 Å². The molecule has 2 aliphatic carbocycles. The molecular weight excluding hydrogens is 238 g/mol. The number of nitrogens with zero attached hydrogens (tertiary/aromatic N) is 3. The summed E-state index contributed by atoms with van der Waals surface area (Å²) in [6.07, 6.45) is 5.17. The maximum absolute atomic E-state index is 11.5. The highest BCUT2D eigenvalue weighted by Crippen LogP contribution is 2.66. The van der Waals surface area contributed by atoms with E-state index >= 15 is 0 Å². The van der Waals surface area contributed by atoms with Gasteiger partial charge in [-0.15, -0.1) is 0 Å². The zero-order chi connectivity index (χ0) is 13.4. The molecule has 0 spiro atoms. The van der Waals surface area contributed by atoms with Gasteiger partial charge in [0.05, 0.1) is 5.71 Å². The zero-order valence-electron chi connectivity index (χ0n) is 11.7. The standard InChI is InChI=1S/C15H19N3O/c1-14(2)10-4-6-15(14,3)12-9(10)8-18-7-5-11(19)16-13(18)17-12/h8,10H,4-7H2,1-3H3/t10-,15+/m1/s1. The molecule has 2 saturated carbocycles. The Hall–Kier alpha value is -1.45. The molecule has 0 unspecified atom stereocenters. The molecule has 0 saturated heterocycles. The van der Waals surface area contributed by atoms with Gasteiger partial charge in [-0.25, -0.2) is 4.99 Å². The Balaban J connectivity index is 1.89. The van der Waals surface area contributed by atoms with Gasteiger partial charge in [0.2, 0.25) is 5.96 Å². The molecule has 100 valence electrons. The largest absolute Gasteiger partial charge is 0.316 e. The smallest absolute Gasteiger partial charge is 0.250 e. The van der Waals surface area contributed by atoms with Gasteiger partial charge >= 0.3 is 0 Å². The number of rotatable bonds is 0. The van der Waals surface area contributed by atoms with Crippen LogP contribution in [0, 0.1) is 16.7 Å². The fraction of sp³-hybridized carbons (Fsp3) is 0.667. The summed E-state index contributed by atoms with van der Waals surface area (Å²) in [4.78, 5) is 22.4. The highest BCUT2D eigenvalue weighted by molar-refractivity contribution is 6.16. The van der Waals surface area contributed by atoms with Crippen LogP contribution in [0.5, 0.6) is 0 Å². The molecule has 2 aliphatic heterocycles. The van der Waals surface area contributed by atoms with Gasteiger partial charge in [-0.3, -0.25) is 4.79 Å². The molecule has 4 nitrogen and oxygen atoms in total. The lowest BCUT2D eigenvalue weighted by atomic mass is 9.70. The van der Waals surface area contributed by atoms with Crippen LogP contribution in [0.3, 0.4) is 0 Å². The molecule has 4 rings (SSSR count). The summed E-state index contributed by atoms with van der Waals surface area (Å²) >= 11 is 0. The van der Waals surface area contributed by atoms with Crippen LogP contribution < -0.4 is 0 Å². The predicted octanol–water partition coefficient (Wildman–Crippen LogP) is 2.37. The Morgan fingerprint density at radius 1 is 1.32 bits per heavy atom. The van der Waals surface area contributed by atoms with E-state index in [9.17, 15) is 4.79 Å². The Morgan fingerprint density at radius 2 is 2.11 bits per heavy atom. The molecule has 0 N–H and O–H groups in total. The van der Waals surface area contributed by atoms with Crippen LogP contribution in [0.4, 0.5) is 0 Å². The molecule has 2 atom stereocenters. The van der Waals surface area contributed by atoms with Gasteiger partial charge in [-0.05, 0) is 29.7 Å². The predicted molar refractivity (Wildman–Crippen MR) is 73.9 cm³/mol. The molecular formula is C15H19N3O. The molecule has 2 bridgehead atoms. The van der Waals surface area contributed by atoms with Crippen molar-refractivity contribution in [3.63, 3.8) is 0 Å². The van der Waals surface area contributed by atoms with E-state index in [0.29, 0.717) is 18.3 Å². The number of carbonyl (C=O) groups is 1. The molecule has 4 aliphatic rings. The molecule has 0 aromatic heterocycles. The second-order valence-electron chi connectivity index (χ2n) is 6.94. The third kappa shape index (κ3) is 1.18. The first kappa shape index (κ1) is 11.4. The van der Waals surface area contributed by atoms with Gasteiger partial charge in [0.25, 0.3) is 5.91 Å². The van der Waals surface area contributed by atoms with Gasteiger partial charge in [0.1, 0.15) is 0 Å². The summed E-state index contributed by atoms with van der Waals surface area (Å²) in [6, 6.07) is 0. The molecule has 19 heavy (non-hydrogen) atoms. The van der Waals surface area contributed by atoms with Crippen LogP contribution in [0.25, 0.3) is 0 Å². The van der Waals surface area contributed by atoms with E-state index in [1.165, 1.54) is 24.1 Å². The van der Waals surface area contributed by atoms with Crippen molar-refractivity contribution in [2.75, 3.05) is 6.54 Å². The topological polar surface area (TPSA) is 45.0 Å². The number of allylic oxidation sites excluding steroid dienone is 1. The van der Waals surface area contributed by atoms with Crippen molar-refractivity contribution in [2.24, 2.45) is 26.7 Å². The summed E-state index contributed by atoms with van der Waals surface area (Å²) in [7, 11) is 0. The first-order valence-electron chi connectivity index (χ1n) is 7.13. The van der Waals surface area contributed by atoms with E-state index < -0.39 is 0 Å². The van der Waals surface area contributed by atoms with Crippen LogP contribution in [0.2, 0.25) is 0 Å².